The van der Waals surface area contributed by atoms with Crippen LogP contribution in [0.1, 0.15) is 24.0 Å². The van der Waals surface area contributed by atoms with E-state index in [1.54, 1.807) is 25.1 Å². The highest BCUT2D eigenvalue weighted by Gasteiger charge is 2.53. The molecule has 1 aliphatic heterocycles. The minimum Gasteiger partial charge on any atom is -0.468 e. The summed E-state index contributed by atoms with van der Waals surface area (Å²) in [7, 11) is 1.21. The fourth-order valence-electron chi connectivity index (χ4n) is 4.25. The molecule has 1 saturated carbocycles. The zero-order valence-corrected chi connectivity index (χ0v) is 19.8. The maximum atomic E-state index is 13.4. The Morgan fingerprint density at radius 2 is 1.89 bits per heavy atom. The second-order valence-electron chi connectivity index (χ2n) is 8.92. The van der Waals surface area contributed by atoms with Crippen molar-refractivity contribution >= 4 is 23.4 Å². The van der Waals surface area contributed by atoms with Crippen molar-refractivity contribution in [2.24, 2.45) is 0 Å². The molecule has 1 aliphatic carbocycles. The molecule has 1 aromatic carbocycles. The smallest absolute Gasteiger partial charge is 0.468 e. The lowest BCUT2D eigenvalue weighted by atomic mass is 9.94. The number of hydrogen-bond donors (Lipinski definition) is 2. The van der Waals surface area contributed by atoms with Gasteiger partial charge in [-0.15, -0.1) is 8.78 Å². The van der Waals surface area contributed by atoms with Gasteiger partial charge in [0.25, 0.3) is 5.56 Å². The number of aromatic nitrogens is 2. The lowest BCUT2D eigenvalue weighted by Gasteiger charge is -2.17. The Morgan fingerprint density at radius 3 is 2.59 bits per heavy atom. The molecule has 2 aromatic heterocycles. The number of nitrogen functional groups attached to an aromatic ring is 1. The van der Waals surface area contributed by atoms with Crippen LogP contribution in [-0.2, 0) is 26.3 Å². The van der Waals surface area contributed by atoms with Crippen molar-refractivity contribution in [3.63, 3.8) is 0 Å². The largest absolute Gasteiger partial charge is 0.586 e. The van der Waals surface area contributed by atoms with Crippen LogP contribution in [0.5, 0.6) is 11.5 Å². The number of benzene rings is 1. The highest BCUT2D eigenvalue weighted by Crippen LogP contribution is 2.52. The number of anilines is 2. The Labute approximate surface area is 209 Å². The van der Waals surface area contributed by atoms with Gasteiger partial charge in [-0.25, -0.2) is 4.98 Å². The second kappa shape index (κ2) is 8.57. The molecule has 3 heterocycles. The van der Waals surface area contributed by atoms with Crippen LogP contribution >= 0.6 is 0 Å². The molecule has 192 valence electrons. The zero-order chi connectivity index (χ0) is 26.5. The van der Waals surface area contributed by atoms with Crippen molar-refractivity contribution in [2.45, 2.75) is 38.0 Å². The van der Waals surface area contributed by atoms with Crippen molar-refractivity contribution in [1.29, 1.82) is 0 Å². The van der Waals surface area contributed by atoms with Crippen LogP contribution in [0.3, 0.4) is 0 Å². The summed E-state index contributed by atoms with van der Waals surface area (Å²) in [5.41, 5.74) is 6.51. The summed E-state index contributed by atoms with van der Waals surface area (Å²) in [5, 5.41) is 2.80. The van der Waals surface area contributed by atoms with E-state index in [2.05, 4.69) is 24.5 Å². The van der Waals surface area contributed by atoms with Crippen LogP contribution in [-0.4, -0.2) is 34.8 Å². The van der Waals surface area contributed by atoms with Crippen LogP contribution in [0.25, 0.3) is 11.3 Å². The summed E-state index contributed by atoms with van der Waals surface area (Å²) in [6, 6.07) is 9.13. The summed E-state index contributed by atoms with van der Waals surface area (Å²) in [5.74, 6) is -0.949. The fourth-order valence-corrected chi connectivity index (χ4v) is 4.25. The van der Waals surface area contributed by atoms with Crippen molar-refractivity contribution in [1.82, 2.24) is 9.55 Å². The van der Waals surface area contributed by atoms with E-state index in [0.717, 1.165) is 10.1 Å². The number of methoxy groups -OCH3 is 1. The van der Waals surface area contributed by atoms with E-state index in [1.165, 1.54) is 31.5 Å². The number of nitrogens with two attached hydrogens (primary N) is 1. The number of carbonyl (C=O) groups is 2. The number of esters is 1. The summed E-state index contributed by atoms with van der Waals surface area (Å²) >= 11 is 0. The molecule has 0 saturated heterocycles. The van der Waals surface area contributed by atoms with Gasteiger partial charge < -0.3 is 29.8 Å². The molecule has 37 heavy (non-hydrogen) atoms. The number of ether oxygens (including phenoxy) is 3. The number of halogens is 2. The van der Waals surface area contributed by atoms with Crippen molar-refractivity contribution in [3.05, 3.63) is 64.1 Å². The first-order chi connectivity index (χ1) is 17.5. The number of fused-ring (bicyclic) bond motifs is 1. The van der Waals surface area contributed by atoms with Crippen molar-refractivity contribution < 1.29 is 32.6 Å². The number of carbonyl (C=O) groups excluding carboxylic acids is 2. The molecule has 0 radical (unpaired) electrons. The lowest BCUT2D eigenvalue weighted by molar-refractivity contribution is -0.286. The van der Waals surface area contributed by atoms with E-state index in [9.17, 15) is 23.2 Å². The average molecular weight is 512 g/mol. The Balaban J connectivity index is 1.42. The number of rotatable bonds is 6. The standard InChI is InChI=1S/C25H22F2N4O6/c1-13-3-6-19(29-21(13)14-9-16(28)22(33)31(11-14)12-20(32)35-2)30-23(34)24(7-8-24)15-4-5-17-18(10-15)37-25(26,27)36-17/h3-6,9-11H,7-8,12,28H2,1-2H3,(H,29,30,34). The molecule has 2 aliphatic rings. The zero-order valence-electron chi connectivity index (χ0n) is 19.8. The summed E-state index contributed by atoms with van der Waals surface area (Å²) in [4.78, 5) is 41.9. The summed E-state index contributed by atoms with van der Waals surface area (Å²) < 4.78 is 41.5. The summed E-state index contributed by atoms with van der Waals surface area (Å²) in [6.07, 6.45) is -1.27. The number of nitrogens with one attached hydrogen (secondary N) is 1. The predicted molar refractivity (Wildman–Crippen MR) is 127 cm³/mol. The Hall–Kier alpha value is -4.48. The topological polar surface area (TPSA) is 135 Å². The van der Waals surface area contributed by atoms with Crippen LogP contribution in [0, 0.1) is 6.92 Å². The maximum absolute atomic E-state index is 13.4. The number of nitrogens with zero attached hydrogens (tertiary/aromatic N) is 2. The molecule has 0 unspecified atom stereocenters. The van der Waals surface area contributed by atoms with Gasteiger partial charge in [-0.1, -0.05) is 12.1 Å². The quantitative estimate of drug-likeness (QED) is 0.482. The Kier molecular flexibility index (Phi) is 5.61. The Morgan fingerprint density at radius 1 is 1.16 bits per heavy atom. The van der Waals surface area contributed by atoms with Gasteiger partial charge in [0, 0.05) is 11.8 Å². The highest BCUT2D eigenvalue weighted by molar-refractivity contribution is 6.01. The SMILES string of the molecule is COC(=O)Cn1cc(-c2nc(NC(=O)C3(c4ccc5c(c4)OC(F)(F)O5)CC3)ccc2C)cc(N)c1=O. The monoisotopic (exact) mass is 512 g/mol. The van der Waals surface area contributed by atoms with E-state index < -0.39 is 23.2 Å². The average Bonchev–Trinajstić information content (AvgIpc) is 3.60. The van der Waals surface area contributed by atoms with Gasteiger partial charge in [0.1, 0.15) is 12.4 Å². The first kappa shape index (κ1) is 24.2. The fraction of sp³-hybridized carbons (Fsp3) is 0.280. The van der Waals surface area contributed by atoms with Gasteiger partial charge in [-0.2, -0.15) is 0 Å². The van der Waals surface area contributed by atoms with Gasteiger partial charge >= 0.3 is 12.3 Å². The predicted octanol–water partition coefficient (Wildman–Crippen LogP) is 2.97. The van der Waals surface area contributed by atoms with Crippen LogP contribution in [0.2, 0.25) is 0 Å². The third-order valence-corrected chi connectivity index (χ3v) is 6.39. The second-order valence-corrected chi connectivity index (χ2v) is 8.92. The molecule has 0 atom stereocenters. The normalized spacial score (nSPS) is 16.2. The maximum Gasteiger partial charge on any atom is 0.586 e. The third kappa shape index (κ3) is 4.46. The van der Waals surface area contributed by atoms with Crippen molar-refractivity contribution in [2.75, 3.05) is 18.2 Å². The molecule has 0 spiro atoms. The van der Waals surface area contributed by atoms with Gasteiger partial charge in [-0.05, 0) is 55.2 Å². The van der Waals surface area contributed by atoms with E-state index in [4.69, 9.17) is 5.73 Å². The van der Waals surface area contributed by atoms with Gasteiger partial charge in [0.15, 0.2) is 11.5 Å². The van der Waals surface area contributed by atoms with Crippen molar-refractivity contribution in [3.8, 4) is 22.8 Å². The Bertz CT molecular complexity index is 1500. The number of aryl methyl sites for hydroxylation is 1. The molecule has 12 heteroatoms. The molecule has 3 aromatic rings. The lowest BCUT2D eigenvalue weighted by Crippen LogP contribution is -2.28. The number of alkyl halides is 2. The first-order valence-electron chi connectivity index (χ1n) is 11.3. The van der Waals surface area contributed by atoms with Gasteiger partial charge in [-0.3, -0.25) is 14.4 Å². The molecule has 10 nitrogen and oxygen atoms in total. The number of hydrogen-bond acceptors (Lipinski definition) is 8. The van der Waals surface area contributed by atoms with Crippen LogP contribution in [0.4, 0.5) is 20.3 Å². The molecule has 0 bridgehead atoms. The highest BCUT2D eigenvalue weighted by atomic mass is 19.3. The van der Waals surface area contributed by atoms with E-state index in [-0.39, 0.29) is 35.5 Å². The van der Waals surface area contributed by atoms with Gasteiger partial charge in [0.2, 0.25) is 5.91 Å². The molecule has 1 fully saturated rings. The van der Waals surface area contributed by atoms with Crippen LogP contribution in [0.15, 0.2) is 47.4 Å². The molecule has 5 rings (SSSR count). The van der Waals surface area contributed by atoms with E-state index in [0.29, 0.717) is 29.7 Å². The first-order valence-corrected chi connectivity index (χ1v) is 11.3. The molecule has 1 amide bonds. The van der Waals surface area contributed by atoms with E-state index in [1.807, 2.05) is 0 Å². The van der Waals surface area contributed by atoms with Gasteiger partial charge in [0.05, 0.1) is 23.9 Å². The molecular weight excluding hydrogens is 490 g/mol. The summed E-state index contributed by atoms with van der Waals surface area (Å²) in [6.45, 7) is 1.47. The third-order valence-electron chi connectivity index (χ3n) is 6.39. The van der Waals surface area contributed by atoms with E-state index >= 15 is 0 Å². The number of pyridine rings is 2. The minimum atomic E-state index is -3.75. The van der Waals surface area contributed by atoms with Crippen LogP contribution < -0.4 is 26.1 Å². The minimum absolute atomic E-state index is 0.0811. The number of amides is 1. The molecular formula is C25H22F2N4O6. The molecule has 3 N–H and O–H groups in total.